The van der Waals surface area contributed by atoms with E-state index < -0.39 is 11.9 Å². The lowest BCUT2D eigenvalue weighted by atomic mass is 10.0. The van der Waals surface area contributed by atoms with E-state index in [1.165, 1.54) is 0 Å². The van der Waals surface area contributed by atoms with Crippen molar-refractivity contribution >= 4 is 17.5 Å². The number of nitrogens with two attached hydrogens (primary N) is 2. The maximum absolute atomic E-state index is 12.0. The molecule has 0 spiro atoms. The summed E-state index contributed by atoms with van der Waals surface area (Å²) in [6.07, 6.45) is 0. The average molecular weight is 249 g/mol. The Labute approximate surface area is 107 Å². The van der Waals surface area contributed by atoms with E-state index in [4.69, 9.17) is 11.5 Å². The number of amides is 2. The van der Waals surface area contributed by atoms with Gasteiger partial charge in [-0.05, 0) is 36.6 Å². The van der Waals surface area contributed by atoms with Crippen molar-refractivity contribution in [2.75, 3.05) is 5.73 Å². The number of primary amides is 1. The SMILES string of the molecule is Cc1cc(N)ccc1C(=O)NC(C(N)=O)C(C)C. The Morgan fingerprint density at radius 2 is 1.89 bits per heavy atom. The first-order valence-electron chi connectivity index (χ1n) is 5.79. The van der Waals surface area contributed by atoms with Crippen molar-refractivity contribution in [3.8, 4) is 0 Å². The molecule has 5 heteroatoms. The predicted molar refractivity (Wildman–Crippen MR) is 70.9 cm³/mol. The summed E-state index contributed by atoms with van der Waals surface area (Å²) in [5.74, 6) is -0.906. The van der Waals surface area contributed by atoms with Crippen LogP contribution in [-0.4, -0.2) is 17.9 Å². The number of carbonyl (C=O) groups excluding carboxylic acids is 2. The first-order valence-corrected chi connectivity index (χ1v) is 5.79. The van der Waals surface area contributed by atoms with E-state index in [1.807, 2.05) is 13.8 Å². The molecule has 0 aliphatic carbocycles. The Balaban J connectivity index is 2.91. The fourth-order valence-corrected chi connectivity index (χ4v) is 1.73. The largest absolute Gasteiger partial charge is 0.399 e. The van der Waals surface area contributed by atoms with Crippen molar-refractivity contribution in [1.82, 2.24) is 5.32 Å². The molecule has 0 aromatic heterocycles. The van der Waals surface area contributed by atoms with Crippen LogP contribution >= 0.6 is 0 Å². The summed E-state index contributed by atoms with van der Waals surface area (Å²) in [5.41, 5.74) is 12.7. The molecular weight excluding hydrogens is 230 g/mol. The van der Waals surface area contributed by atoms with Crippen LogP contribution in [0.2, 0.25) is 0 Å². The smallest absolute Gasteiger partial charge is 0.252 e. The highest BCUT2D eigenvalue weighted by Gasteiger charge is 2.22. The molecule has 0 aliphatic heterocycles. The number of aryl methyl sites for hydroxylation is 1. The van der Waals surface area contributed by atoms with Crippen molar-refractivity contribution in [1.29, 1.82) is 0 Å². The second kappa shape index (κ2) is 5.53. The van der Waals surface area contributed by atoms with Gasteiger partial charge in [0.15, 0.2) is 0 Å². The number of nitrogens with one attached hydrogen (secondary N) is 1. The first kappa shape index (κ1) is 14.0. The minimum Gasteiger partial charge on any atom is -0.399 e. The minimum absolute atomic E-state index is 0.0551. The molecule has 1 aromatic rings. The molecule has 0 saturated heterocycles. The summed E-state index contributed by atoms with van der Waals surface area (Å²) in [7, 11) is 0. The van der Waals surface area contributed by atoms with Crippen LogP contribution < -0.4 is 16.8 Å². The molecule has 2 amide bonds. The fourth-order valence-electron chi connectivity index (χ4n) is 1.73. The summed E-state index contributed by atoms with van der Waals surface area (Å²) >= 11 is 0. The highest BCUT2D eigenvalue weighted by molar-refractivity contribution is 5.98. The Morgan fingerprint density at radius 1 is 1.28 bits per heavy atom. The lowest BCUT2D eigenvalue weighted by molar-refractivity contribution is -0.120. The van der Waals surface area contributed by atoms with Gasteiger partial charge in [0.05, 0.1) is 0 Å². The van der Waals surface area contributed by atoms with Crippen LogP contribution in [0.15, 0.2) is 18.2 Å². The van der Waals surface area contributed by atoms with Crippen LogP contribution in [-0.2, 0) is 4.79 Å². The molecule has 1 atom stereocenters. The fraction of sp³-hybridized carbons (Fsp3) is 0.385. The highest BCUT2D eigenvalue weighted by atomic mass is 16.2. The molecular formula is C13H19N3O2. The molecule has 0 bridgehead atoms. The third-order valence-electron chi connectivity index (χ3n) is 2.75. The third kappa shape index (κ3) is 3.23. The van der Waals surface area contributed by atoms with Crippen LogP contribution in [0.1, 0.15) is 29.8 Å². The molecule has 0 saturated carbocycles. The van der Waals surface area contributed by atoms with Gasteiger partial charge in [-0.3, -0.25) is 9.59 Å². The van der Waals surface area contributed by atoms with Crippen molar-refractivity contribution < 1.29 is 9.59 Å². The summed E-state index contributed by atoms with van der Waals surface area (Å²) < 4.78 is 0. The average Bonchev–Trinajstić information content (AvgIpc) is 2.24. The number of anilines is 1. The van der Waals surface area contributed by atoms with Crippen molar-refractivity contribution in [2.45, 2.75) is 26.8 Å². The molecule has 0 aliphatic rings. The number of benzene rings is 1. The standard InChI is InChI=1S/C13H19N3O2/c1-7(2)11(12(15)17)16-13(18)10-5-4-9(14)6-8(10)3/h4-7,11H,14H2,1-3H3,(H2,15,17)(H,16,18). The molecule has 18 heavy (non-hydrogen) atoms. The van der Waals surface area contributed by atoms with Gasteiger partial charge in [-0.15, -0.1) is 0 Å². The topological polar surface area (TPSA) is 98.2 Å². The van der Waals surface area contributed by atoms with Crippen molar-refractivity contribution in [2.24, 2.45) is 11.7 Å². The van der Waals surface area contributed by atoms with Gasteiger partial charge in [0.25, 0.3) is 5.91 Å². The van der Waals surface area contributed by atoms with E-state index in [0.717, 1.165) is 5.56 Å². The van der Waals surface area contributed by atoms with Gasteiger partial charge < -0.3 is 16.8 Å². The zero-order chi connectivity index (χ0) is 13.9. The maximum atomic E-state index is 12.0. The quantitative estimate of drug-likeness (QED) is 0.689. The molecule has 98 valence electrons. The van der Waals surface area contributed by atoms with E-state index in [-0.39, 0.29) is 11.8 Å². The summed E-state index contributed by atoms with van der Waals surface area (Å²) in [4.78, 5) is 23.3. The monoisotopic (exact) mass is 249 g/mol. The van der Waals surface area contributed by atoms with Gasteiger partial charge in [-0.1, -0.05) is 13.8 Å². The van der Waals surface area contributed by atoms with Crippen molar-refractivity contribution in [3.05, 3.63) is 29.3 Å². The van der Waals surface area contributed by atoms with Crippen molar-refractivity contribution in [3.63, 3.8) is 0 Å². The highest BCUT2D eigenvalue weighted by Crippen LogP contribution is 2.13. The van der Waals surface area contributed by atoms with Gasteiger partial charge in [0.2, 0.25) is 5.91 Å². The third-order valence-corrected chi connectivity index (χ3v) is 2.75. The molecule has 1 rings (SSSR count). The molecule has 0 fully saturated rings. The number of rotatable bonds is 4. The maximum Gasteiger partial charge on any atom is 0.252 e. The summed E-state index contributed by atoms with van der Waals surface area (Å²) in [5, 5.41) is 2.64. The van der Waals surface area contributed by atoms with Gasteiger partial charge in [-0.2, -0.15) is 0 Å². The zero-order valence-corrected chi connectivity index (χ0v) is 10.9. The molecule has 1 unspecified atom stereocenters. The van der Waals surface area contributed by atoms with Gasteiger partial charge >= 0.3 is 0 Å². The number of hydrogen-bond acceptors (Lipinski definition) is 3. The zero-order valence-electron chi connectivity index (χ0n) is 10.9. The summed E-state index contributed by atoms with van der Waals surface area (Å²) in [6, 6.07) is 4.33. The Bertz CT molecular complexity index is 469. The second-order valence-corrected chi connectivity index (χ2v) is 4.67. The Hall–Kier alpha value is -2.04. The normalized spacial score (nSPS) is 12.2. The number of nitrogen functional groups attached to an aromatic ring is 1. The van der Waals surface area contributed by atoms with Crippen LogP contribution in [0, 0.1) is 12.8 Å². The van der Waals surface area contributed by atoms with E-state index in [0.29, 0.717) is 11.3 Å². The molecule has 0 radical (unpaired) electrons. The van der Waals surface area contributed by atoms with E-state index in [9.17, 15) is 9.59 Å². The van der Waals surface area contributed by atoms with Gasteiger partial charge in [0.1, 0.15) is 6.04 Å². The van der Waals surface area contributed by atoms with Crippen LogP contribution in [0.3, 0.4) is 0 Å². The van der Waals surface area contributed by atoms with Gasteiger partial charge in [-0.25, -0.2) is 0 Å². The van der Waals surface area contributed by atoms with E-state index >= 15 is 0 Å². The van der Waals surface area contributed by atoms with Gasteiger partial charge in [0, 0.05) is 11.3 Å². The second-order valence-electron chi connectivity index (χ2n) is 4.67. The predicted octanol–water partition coefficient (Wildman–Crippen LogP) is 0.817. The lowest BCUT2D eigenvalue weighted by Gasteiger charge is -2.19. The molecule has 5 nitrogen and oxygen atoms in total. The number of carbonyl (C=O) groups is 2. The van der Waals surface area contributed by atoms with E-state index in [2.05, 4.69) is 5.32 Å². The van der Waals surface area contributed by atoms with Crippen LogP contribution in [0.25, 0.3) is 0 Å². The Kier molecular flexibility index (Phi) is 4.31. The lowest BCUT2D eigenvalue weighted by Crippen LogP contribution is -2.47. The summed E-state index contributed by atoms with van der Waals surface area (Å²) in [6.45, 7) is 5.44. The van der Waals surface area contributed by atoms with Crippen LogP contribution in [0.5, 0.6) is 0 Å². The number of hydrogen-bond donors (Lipinski definition) is 3. The molecule has 5 N–H and O–H groups in total. The van der Waals surface area contributed by atoms with Crippen LogP contribution in [0.4, 0.5) is 5.69 Å². The molecule has 1 aromatic carbocycles. The Morgan fingerprint density at radius 3 is 2.33 bits per heavy atom. The molecule has 0 heterocycles. The first-order chi connectivity index (χ1) is 8.32. The van der Waals surface area contributed by atoms with E-state index in [1.54, 1.807) is 25.1 Å². The minimum atomic E-state index is -0.672.